The fourth-order valence-electron chi connectivity index (χ4n) is 2.18. The predicted octanol–water partition coefficient (Wildman–Crippen LogP) is 4.49. The van der Waals surface area contributed by atoms with E-state index >= 15 is 0 Å². The smallest absolute Gasteiger partial charge is 0.130 e. The summed E-state index contributed by atoms with van der Waals surface area (Å²) in [5, 5.41) is 3.48. The third-order valence-corrected chi connectivity index (χ3v) is 3.80. The van der Waals surface area contributed by atoms with Crippen LogP contribution in [0.15, 0.2) is 36.4 Å². The molecule has 0 radical (unpaired) electrons. The van der Waals surface area contributed by atoms with Gasteiger partial charge in [0, 0.05) is 18.7 Å². The van der Waals surface area contributed by atoms with Gasteiger partial charge in [-0.15, -0.1) is 0 Å². The third-order valence-electron chi connectivity index (χ3n) is 3.80. The van der Waals surface area contributed by atoms with Gasteiger partial charge in [0.25, 0.3) is 0 Å². The lowest BCUT2D eigenvalue weighted by Crippen LogP contribution is -2.15. The lowest BCUT2D eigenvalue weighted by atomic mass is 10.1. The van der Waals surface area contributed by atoms with E-state index in [1.807, 2.05) is 19.1 Å². The van der Waals surface area contributed by atoms with E-state index in [0.29, 0.717) is 17.4 Å². The average molecular weight is 285 g/mol. The number of hydrogen-bond donors (Lipinski definition) is 1. The van der Waals surface area contributed by atoms with Gasteiger partial charge >= 0.3 is 0 Å². The highest BCUT2D eigenvalue weighted by Crippen LogP contribution is 2.28. The van der Waals surface area contributed by atoms with Crippen LogP contribution in [0.5, 0.6) is 11.5 Å². The molecule has 3 rings (SSSR count). The second-order valence-electron chi connectivity index (χ2n) is 5.77. The first-order valence-electron chi connectivity index (χ1n) is 7.39. The summed E-state index contributed by atoms with van der Waals surface area (Å²) in [5.74, 6) is 1.08. The molecule has 0 amide bonds. The van der Waals surface area contributed by atoms with E-state index in [1.54, 1.807) is 19.1 Å². The van der Waals surface area contributed by atoms with Gasteiger partial charge in [-0.1, -0.05) is 18.2 Å². The molecule has 0 atom stereocenters. The minimum absolute atomic E-state index is 0.239. The lowest BCUT2D eigenvalue weighted by Gasteiger charge is -2.12. The number of ether oxygens (including phenoxy) is 1. The van der Waals surface area contributed by atoms with E-state index in [1.165, 1.54) is 24.5 Å². The molecule has 3 heteroatoms. The molecule has 110 valence electrons. The minimum Gasteiger partial charge on any atom is -0.457 e. The van der Waals surface area contributed by atoms with Gasteiger partial charge in [-0.25, -0.2) is 4.39 Å². The summed E-state index contributed by atoms with van der Waals surface area (Å²) in [4.78, 5) is 0. The molecular formula is C18H20FNO. The molecule has 1 saturated carbocycles. The zero-order valence-electron chi connectivity index (χ0n) is 12.4. The van der Waals surface area contributed by atoms with Crippen LogP contribution in [0, 0.1) is 19.7 Å². The van der Waals surface area contributed by atoms with Crippen molar-refractivity contribution in [1.82, 2.24) is 5.32 Å². The van der Waals surface area contributed by atoms with E-state index in [9.17, 15) is 4.39 Å². The predicted molar refractivity (Wildman–Crippen MR) is 82.3 cm³/mol. The first-order valence-corrected chi connectivity index (χ1v) is 7.39. The van der Waals surface area contributed by atoms with Gasteiger partial charge in [-0.2, -0.15) is 0 Å². The molecule has 0 spiro atoms. The Labute approximate surface area is 125 Å². The fourth-order valence-corrected chi connectivity index (χ4v) is 2.18. The van der Waals surface area contributed by atoms with Gasteiger partial charge < -0.3 is 10.1 Å². The number of aryl methyl sites for hydroxylation is 2. The van der Waals surface area contributed by atoms with Crippen LogP contribution >= 0.6 is 0 Å². The number of rotatable bonds is 5. The summed E-state index contributed by atoms with van der Waals surface area (Å²) in [6, 6.07) is 11.8. The van der Waals surface area contributed by atoms with Crippen molar-refractivity contribution in [1.29, 1.82) is 0 Å². The molecule has 1 fully saturated rings. The quantitative estimate of drug-likeness (QED) is 0.874. The Kier molecular flexibility index (Phi) is 3.93. The molecule has 2 aromatic rings. The van der Waals surface area contributed by atoms with E-state index in [0.717, 1.165) is 17.9 Å². The van der Waals surface area contributed by atoms with Crippen molar-refractivity contribution in [2.24, 2.45) is 0 Å². The first-order chi connectivity index (χ1) is 10.1. The molecule has 1 aliphatic carbocycles. The average Bonchev–Trinajstić information content (AvgIpc) is 3.28. The summed E-state index contributed by atoms with van der Waals surface area (Å²) in [6.07, 6.45) is 2.55. The number of hydrogen-bond acceptors (Lipinski definition) is 2. The van der Waals surface area contributed by atoms with Gasteiger partial charge in [0.15, 0.2) is 0 Å². The van der Waals surface area contributed by atoms with Crippen LogP contribution in [0.25, 0.3) is 0 Å². The van der Waals surface area contributed by atoms with Crippen molar-refractivity contribution in [2.75, 3.05) is 0 Å². The van der Waals surface area contributed by atoms with Crippen molar-refractivity contribution in [3.8, 4) is 11.5 Å². The van der Waals surface area contributed by atoms with Crippen LogP contribution in [-0.4, -0.2) is 6.04 Å². The minimum atomic E-state index is -0.239. The summed E-state index contributed by atoms with van der Waals surface area (Å²) in [7, 11) is 0. The fraction of sp³-hybridized carbons (Fsp3) is 0.333. The molecule has 2 nitrogen and oxygen atoms in total. The van der Waals surface area contributed by atoms with Crippen molar-refractivity contribution in [3.63, 3.8) is 0 Å². The van der Waals surface area contributed by atoms with Crippen LogP contribution in [0.2, 0.25) is 0 Å². The third kappa shape index (κ3) is 3.61. The molecule has 0 unspecified atom stereocenters. The van der Waals surface area contributed by atoms with E-state index in [-0.39, 0.29) is 5.82 Å². The van der Waals surface area contributed by atoms with Crippen LogP contribution in [-0.2, 0) is 6.54 Å². The van der Waals surface area contributed by atoms with Crippen molar-refractivity contribution < 1.29 is 9.13 Å². The van der Waals surface area contributed by atoms with Gasteiger partial charge in [0.05, 0.1) is 0 Å². The number of nitrogens with one attached hydrogen (secondary N) is 1. The highest BCUT2D eigenvalue weighted by molar-refractivity contribution is 5.40. The zero-order valence-corrected chi connectivity index (χ0v) is 12.4. The molecule has 0 saturated heterocycles. The Morgan fingerprint density at radius 2 is 1.86 bits per heavy atom. The summed E-state index contributed by atoms with van der Waals surface area (Å²) >= 11 is 0. The number of benzene rings is 2. The maximum absolute atomic E-state index is 13.6. The Morgan fingerprint density at radius 1 is 1.10 bits per heavy atom. The SMILES string of the molecule is Cc1ccc(Oc2cc(CNC3CC3)ccc2C)cc1F. The molecule has 0 aromatic heterocycles. The topological polar surface area (TPSA) is 21.3 Å². The van der Waals surface area contributed by atoms with E-state index in [2.05, 4.69) is 11.4 Å². The maximum atomic E-state index is 13.6. The molecule has 0 bridgehead atoms. The monoisotopic (exact) mass is 285 g/mol. The van der Waals surface area contributed by atoms with Gasteiger partial charge in [-0.05, 0) is 55.5 Å². The van der Waals surface area contributed by atoms with Crippen LogP contribution < -0.4 is 10.1 Å². The number of halogens is 1. The second kappa shape index (κ2) is 5.86. The van der Waals surface area contributed by atoms with Crippen LogP contribution in [0.3, 0.4) is 0 Å². The molecule has 0 aliphatic heterocycles. The Hall–Kier alpha value is -1.87. The maximum Gasteiger partial charge on any atom is 0.130 e. The van der Waals surface area contributed by atoms with Crippen LogP contribution in [0.1, 0.15) is 29.5 Å². The zero-order chi connectivity index (χ0) is 14.8. The Morgan fingerprint density at radius 3 is 2.57 bits per heavy atom. The van der Waals surface area contributed by atoms with Crippen molar-refractivity contribution in [3.05, 3.63) is 58.9 Å². The van der Waals surface area contributed by atoms with Gasteiger partial charge in [0.2, 0.25) is 0 Å². The summed E-state index contributed by atoms with van der Waals surface area (Å²) < 4.78 is 19.4. The molecular weight excluding hydrogens is 265 g/mol. The van der Waals surface area contributed by atoms with Gasteiger partial charge in [0.1, 0.15) is 17.3 Å². The highest BCUT2D eigenvalue weighted by atomic mass is 19.1. The molecule has 1 aliphatic rings. The van der Waals surface area contributed by atoms with E-state index < -0.39 is 0 Å². The molecule has 21 heavy (non-hydrogen) atoms. The highest BCUT2D eigenvalue weighted by Gasteiger charge is 2.20. The van der Waals surface area contributed by atoms with Crippen molar-refractivity contribution in [2.45, 2.75) is 39.3 Å². The van der Waals surface area contributed by atoms with Crippen LogP contribution in [0.4, 0.5) is 4.39 Å². The molecule has 0 heterocycles. The normalized spacial score (nSPS) is 14.2. The molecule has 2 aromatic carbocycles. The first kappa shape index (κ1) is 14.1. The Balaban J connectivity index is 1.76. The van der Waals surface area contributed by atoms with Gasteiger partial charge in [-0.3, -0.25) is 0 Å². The lowest BCUT2D eigenvalue weighted by molar-refractivity contribution is 0.471. The molecule has 1 N–H and O–H groups in total. The standard InChI is InChI=1S/C18H20FNO/c1-12-4-8-16(10-17(12)19)21-18-9-14(5-3-13(18)2)11-20-15-6-7-15/h3-5,8-10,15,20H,6-7,11H2,1-2H3. The Bertz CT molecular complexity index is 650. The summed E-state index contributed by atoms with van der Waals surface area (Å²) in [5.41, 5.74) is 2.86. The van der Waals surface area contributed by atoms with E-state index in [4.69, 9.17) is 4.74 Å². The second-order valence-corrected chi connectivity index (χ2v) is 5.77. The van der Waals surface area contributed by atoms with Crippen molar-refractivity contribution >= 4 is 0 Å². The summed E-state index contributed by atoms with van der Waals surface area (Å²) in [6.45, 7) is 4.59. The largest absolute Gasteiger partial charge is 0.457 e.